The molecule has 0 aromatic rings. The van der Waals surface area contributed by atoms with Crippen molar-refractivity contribution in [1.29, 1.82) is 0 Å². The summed E-state index contributed by atoms with van der Waals surface area (Å²) < 4.78 is 0. The van der Waals surface area contributed by atoms with Crippen LogP contribution in [-0.2, 0) is 0 Å². The Labute approximate surface area is 66.8 Å². The molecule has 0 unspecified atom stereocenters. The molecule has 0 spiro atoms. The Morgan fingerprint density at radius 3 is 2.00 bits per heavy atom. The maximum absolute atomic E-state index is 10.4. The quantitative estimate of drug-likeness (QED) is 0.610. The summed E-state index contributed by atoms with van der Waals surface area (Å²) in [7, 11) is 0. The predicted molar refractivity (Wildman–Crippen MR) is 42.6 cm³/mol. The van der Waals surface area contributed by atoms with Gasteiger partial charge in [0.25, 0.3) is 0 Å². The zero-order valence-corrected chi connectivity index (χ0v) is 7.27. The molecule has 1 rings (SSSR count). The molecule has 0 bridgehead atoms. The van der Waals surface area contributed by atoms with Crippen molar-refractivity contribution in [3.05, 3.63) is 0 Å². The highest BCUT2D eigenvalue weighted by Crippen LogP contribution is 2.49. The Morgan fingerprint density at radius 1 is 1.45 bits per heavy atom. The van der Waals surface area contributed by atoms with Gasteiger partial charge in [0.05, 0.1) is 0 Å². The van der Waals surface area contributed by atoms with Gasteiger partial charge in [0.1, 0.15) is 0 Å². The molecule has 0 saturated heterocycles. The zero-order chi connectivity index (χ0) is 8.70. The van der Waals surface area contributed by atoms with Crippen molar-refractivity contribution in [1.82, 2.24) is 5.32 Å². The summed E-state index contributed by atoms with van der Waals surface area (Å²) in [5.74, 6) is 0. The number of carbonyl (C=O) groups is 1. The maximum atomic E-state index is 10.4. The molecule has 1 aliphatic carbocycles. The summed E-state index contributed by atoms with van der Waals surface area (Å²) in [6.07, 6.45) is 1.04. The van der Waals surface area contributed by atoms with E-state index in [-0.39, 0.29) is 11.0 Å². The van der Waals surface area contributed by atoms with E-state index in [2.05, 4.69) is 26.1 Å². The lowest BCUT2D eigenvalue weighted by atomic mass is 9.84. The summed E-state index contributed by atoms with van der Waals surface area (Å²) in [5, 5.41) is 11.1. The highest BCUT2D eigenvalue weighted by atomic mass is 16.4. The second-order valence-electron chi connectivity index (χ2n) is 4.26. The fourth-order valence-electron chi connectivity index (χ4n) is 1.39. The first-order valence-electron chi connectivity index (χ1n) is 3.88. The van der Waals surface area contributed by atoms with Gasteiger partial charge in [-0.25, -0.2) is 4.79 Å². The molecule has 0 atom stereocenters. The Bertz CT molecular complexity index is 177. The summed E-state index contributed by atoms with van der Waals surface area (Å²) in [6, 6.07) is 0. The van der Waals surface area contributed by atoms with Crippen LogP contribution >= 0.6 is 0 Å². The van der Waals surface area contributed by atoms with Gasteiger partial charge in [0, 0.05) is 5.54 Å². The fraction of sp³-hybridized carbons (Fsp3) is 0.875. The molecule has 0 aliphatic heterocycles. The van der Waals surface area contributed by atoms with Crippen LogP contribution < -0.4 is 5.32 Å². The van der Waals surface area contributed by atoms with Gasteiger partial charge in [-0.15, -0.1) is 0 Å². The van der Waals surface area contributed by atoms with Gasteiger partial charge in [-0.1, -0.05) is 20.8 Å². The van der Waals surface area contributed by atoms with E-state index in [0.717, 1.165) is 12.8 Å². The first-order valence-corrected chi connectivity index (χ1v) is 3.88. The lowest BCUT2D eigenvalue weighted by Crippen LogP contribution is -2.45. The molecule has 11 heavy (non-hydrogen) atoms. The standard InChI is InChI=1S/C8H15NO2/c1-7(2,3)8(4-5-8)9-6(10)11/h9H,4-5H2,1-3H3,(H,10,11). The molecule has 1 aliphatic rings. The highest BCUT2D eigenvalue weighted by Gasteiger charge is 2.53. The second-order valence-corrected chi connectivity index (χ2v) is 4.26. The number of carboxylic acid groups (broad SMARTS) is 1. The summed E-state index contributed by atoms with van der Waals surface area (Å²) >= 11 is 0. The van der Waals surface area contributed by atoms with Crippen LogP contribution in [0, 0.1) is 5.41 Å². The van der Waals surface area contributed by atoms with E-state index in [4.69, 9.17) is 5.11 Å². The third-order valence-corrected chi connectivity index (χ3v) is 2.53. The normalized spacial score (nSPS) is 21.0. The van der Waals surface area contributed by atoms with Gasteiger partial charge in [0.2, 0.25) is 0 Å². The van der Waals surface area contributed by atoms with Gasteiger partial charge in [-0.2, -0.15) is 0 Å². The lowest BCUT2D eigenvalue weighted by Gasteiger charge is -2.30. The molecule has 0 radical (unpaired) electrons. The van der Waals surface area contributed by atoms with Crippen LogP contribution in [0.25, 0.3) is 0 Å². The van der Waals surface area contributed by atoms with Crippen LogP contribution in [0.4, 0.5) is 4.79 Å². The first kappa shape index (κ1) is 8.37. The minimum Gasteiger partial charge on any atom is -0.465 e. The zero-order valence-electron chi connectivity index (χ0n) is 7.27. The van der Waals surface area contributed by atoms with Crippen LogP contribution in [-0.4, -0.2) is 16.7 Å². The van der Waals surface area contributed by atoms with Crippen molar-refractivity contribution in [2.45, 2.75) is 39.2 Å². The first-order chi connectivity index (χ1) is 4.87. The lowest BCUT2D eigenvalue weighted by molar-refractivity contribution is 0.169. The maximum Gasteiger partial charge on any atom is 0.405 e. The number of hydrogen-bond donors (Lipinski definition) is 2. The summed E-state index contributed by atoms with van der Waals surface area (Å²) in [5.41, 5.74) is -0.0930. The average Bonchev–Trinajstić information content (AvgIpc) is 2.42. The molecule has 3 nitrogen and oxygen atoms in total. The van der Waals surface area contributed by atoms with Crippen molar-refractivity contribution < 1.29 is 9.90 Å². The molecule has 1 fully saturated rings. The Balaban J connectivity index is 2.61. The van der Waals surface area contributed by atoms with Crippen molar-refractivity contribution in [2.75, 3.05) is 0 Å². The van der Waals surface area contributed by atoms with E-state index in [0.29, 0.717) is 0 Å². The topological polar surface area (TPSA) is 49.3 Å². The van der Waals surface area contributed by atoms with E-state index >= 15 is 0 Å². The van der Waals surface area contributed by atoms with Crippen molar-refractivity contribution in [3.63, 3.8) is 0 Å². The van der Waals surface area contributed by atoms with E-state index < -0.39 is 6.09 Å². The molecule has 0 heterocycles. The Kier molecular flexibility index (Phi) is 1.62. The third kappa shape index (κ3) is 1.47. The van der Waals surface area contributed by atoms with E-state index in [1.165, 1.54) is 0 Å². The molecule has 1 amide bonds. The third-order valence-electron chi connectivity index (χ3n) is 2.53. The number of rotatable bonds is 1. The second kappa shape index (κ2) is 2.13. The molecule has 64 valence electrons. The Hall–Kier alpha value is -0.730. The van der Waals surface area contributed by atoms with Crippen LogP contribution in [0.2, 0.25) is 0 Å². The van der Waals surface area contributed by atoms with Crippen LogP contribution in [0.5, 0.6) is 0 Å². The van der Waals surface area contributed by atoms with Crippen LogP contribution in [0.3, 0.4) is 0 Å². The van der Waals surface area contributed by atoms with E-state index in [1.54, 1.807) is 0 Å². The molecule has 3 heteroatoms. The van der Waals surface area contributed by atoms with Gasteiger partial charge in [-0.05, 0) is 18.3 Å². The van der Waals surface area contributed by atoms with E-state index in [9.17, 15) is 4.79 Å². The number of amides is 1. The predicted octanol–water partition coefficient (Wildman–Crippen LogP) is 1.83. The van der Waals surface area contributed by atoms with Gasteiger partial charge in [-0.3, -0.25) is 0 Å². The highest BCUT2D eigenvalue weighted by molar-refractivity contribution is 5.66. The van der Waals surface area contributed by atoms with Crippen molar-refractivity contribution in [3.8, 4) is 0 Å². The SMILES string of the molecule is CC(C)(C)C1(NC(=O)O)CC1. The monoisotopic (exact) mass is 157 g/mol. The number of hydrogen-bond acceptors (Lipinski definition) is 1. The molecule has 0 aromatic heterocycles. The minimum atomic E-state index is -0.905. The average molecular weight is 157 g/mol. The van der Waals surface area contributed by atoms with Crippen molar-refractivity contribution >= 4 is 6.09 Å². The van der Waals surface area contributed by atoms with Crippen molar-refractivity contribution in [2.24, 2.45) is 5.41 Å². The van der Waals surface area contributed by atoms with Gasteiger partial charge >= 0.3 is 6.09 Å². The molecule has 1 saturated carbocycles. The summed E-state index contributed by atoms with van der Waals surface area (Å²) in [4.78, 5) is 10.4. The minimum absolute atomic E-state index is 0.0470. The molecular weight excluding hydrogens is 142 g/mol. The largest absolute Gasteiger partial charge is 0.465 e. The Morgan fingerprint density at radius 2 is 1.91 bits per heavy atom. The molecule has 2 N–H and O–H groups in total. The molecule has 0 aromatic carbocycles. The fourth-order valence-corrected chi connectivity index (χ4v) is 1.39. The summed E-state index contributed by atoms with van der Waals surface area (Å²) in [6.45, 7) is 6.20. The van der Waals surface area contributed by atoms with Crippen LogP contribution in [0.15, 0.2) is 0 Å². The number of nitrogens with one attached hydrogen (secondary N) is 1. The molecular formula is C8H15NO2. The smallest absolute Gasteiger partial charge is 0.405 e. The van der Waals surface area contributed by atoms with Gasteiger partial charge in [0.15, 0.2) is 0 Å². The van der Waals surface area contributed by atoms with E-state index in [1.807, 2.05) is 0 Å². The van der Waals surface area contributed by atoms with Crippen LogP contribution in [0.1, 0.15) is 33.6 Å². The van der Waals surface area contributed by atoms with Gasteiger partial charge < -0.3 is 10.4 Å².